The Morgan fingerprint density at radius 1 is 1.75 bits per heavy atom. The lowest BCUT2D eigenvalue weighted by Gasteiger charge is -1.90. The molecule has 0 radical (unpaired) electrons. The van der Waals surface area contributed by atoms with E-state index >= 15 is 0 Å². The van der Waals surface area contributed by atoms with Gasteiger partial charge in [0.15, 0.2) is 0 Å². The quantitative estimate of drug-likeness (QED) is 0.530. The lowest BCUT2D eigenvalue weighted by molar-refractivity contribution is 0.191. The van der Waals surface area contributed by atoms with Gasteiger partial charge in [-0.25, -0.2) is 4.57 Å². The average Bonchev–Trinajstić information content (AvgIpc) is 1.69. The monoisotopic (exact) mass is 138 g/mol. The van der Waals surface area contributed by atoms with Gasteiger partial charge in [0.05, 0.1) is 6.10 Å². The Hall–Kier alpha value is 0.0200. The standard InChI is InChI=1S/C4H10O.HO2P/c1-3-4(2)5;1-3-2/h4-5H,3H2,1-2H3;(H,1,2). The highest BCUT2D eigenvalue weighted by Crippen LogP contribution is 1.81. The summed E-state index contributed by atoms with van der Waals surface area (Å²) < 4.78 is 8.46. The van der Waals surface area contributed by atoms with Crippen molar-refractivity contribution < 1.29 is 14.6 Å². The minimum absolute atomic E-state index is 0.116. The maximum Gasteiger partial charge on any atom is 0.324 e. The summed E-state index contributed by atoms with van der Waals surface area (Å²) in [5, 5.41) is 8.36. The lowest BCUT2D eigenvalue weighted by atomic mass is 10.3. The zero-order chi connectivity index (χ0) is 6.99. The fourth-order valence-corrected chi connectivity index (χ4v) is 0. The largest absolute Gasteiger partial charge is 0.393 e. The van der Waals surface area contributed by atoms with Crippen LogP contribution in [0.25, 0.3) is 0 Å². The van der Waals surface area contributed by atoms with Gasteiger partial charge in [-0.2, -0.15) is 0 Å². The third kappa shape index (κ3) is 37.2. The van der Waals surface area contributed by atoms with Crippen LogP contribution in [0.2, 0.25) is 0 Å². The number of rotatable bonds is 1. The van der Waals surface area contributed by atoms with Crippen LogP contribution in [0, 0.1) is 0 Å². The van der Waals surface area contributed by atoms with E-state index in [1.54, 1.807) is 6.92 Å². The number of hydrogen-bond donors (Lipinski definition) is 2. The Balaban J connectivity index is 0. The van der Waals surface area contributed by atoms with E-state index in [0.29, 0.717) is 0 Å². The molecule has 0 aromatic heterocycles. The van der Waals surface area contributed by atoms with Gasteiger partial charge in [0, 0.05) is 0 Å². The molecule has 3 nitrogen and oxygen atoms in total. The second-order valence-electron chi connectivity index (χ2n) is 1.34. The van der Waals surface area contributed by atoms with Gasteiger partial charge in [0.25, 0.3) is 0 Å². The van der Waals surface area contributed by atoms with Gasteiger partial charge in [-0.05, 0) is 13.3 Å². The number of aliphatic hydroxyl groups is 1. The Morgan fingerprint density at radius 3 is 1.88 bits per heavy atom. The molecule has 8 heavy (non-hydrogen) atoms. The van der Waals surface area contributed by atoms with Crippen LogP contribution >= 0.6 is 8.69 Å². The molecule has 2 N–H and O–H groups in total. The van der Waals surface area contributed by atoms with Crippen molar-refractivity contribution in [2.75, 3.05) is 0 Å². The summed E-state index contributed by atoms with van der Waals surface area (Å²) in [4.78, 5) is 6.99. The van der Waals surface area contributed by atoms with Crippen molar-refractivity contribution in [3.05, 3.63) is 0 Å². The van der Waals surface area contributed by atoms with E-state index in [4.69, 9.17) is 14.6 Å². The summed E-state index contributed by atoms with van der Waals surface area (Å²) >= 11 is 0. The van der Waals surface area contributed by atoms with E-state index < -0.39 is 8.69 Å². The summed E-state index contributed by atoms with van der Waals surface area (Å²) in [6.45, 7) is 3.73. The first kappa shape index (κ1) is 10.9. The van der Waals surface area contributed by atoms with E-state index in [-0.39, 0.29) is 6.10 Å². The molecule has 0 rings (SSSR count). The van der Waals surface area contributed by atoms with Crippen LogP contribution in [-0.2, 0) is 4.57 Å². The molecule has 1 unspecified atom stereocenters. The van der Waals surface area contributed by atoms with Crippen molar-refractivity contribution in [3.63, 3.8) is 0 Å². The first-order valence-corrected chi connectivity index (χ1v) is 3.10. The van der Waals surface area contributed by atoms with Gasteiger partial charge < -0.3 is 10.00 Å². The molecule has 0 aliphatic carbocycles. The maximum absolute atomic E-state index is 8.46. The minimum Gasteiger partial charge on any atom is -0.393 e. The predicted molar refractivity (Wildman–Crippen MR) is 31.8 cm³/mol. The predicted octanol–water partition coefficient (Wildman–Crippen LogP) is 0.963. The molecular weight excluding hydrogens is 127 g/mol. The Morgan fingerprint density at radius 2 is 1.88 bits per heavy atom. The van der Waals surface area contributed by atoms with E-state index in [0.717, 1.165) is 6.42 Å². The molecule has 0 bridgehead atoms. The first-order valence-electron chi connectivity index (χ1n) is 2.33. The van der Waals surface area contributed by atoms with Crippen molar-refractivity contribution in [2.45, 2.75) is 26.4 Å². The minimum atomic E-state index is -0.833. The van der Waals surface area contributed by atoms with Crippen LogP contribution in [0.5, 0.6) is 0 Å². The highest BCUT2D eigenvalue weighted by Gasteiger charge is 1.81. The third-order valence-corrected chi connectivity index (χ3v) is 0.591. The number of hydrogen-bond acceptors (Lipinski definition) is 2. The average molecular weight is 138 g/mol. The molecule has 0 fully saturated rings. The summed E-state index contributed by atoms with van der Waals surface area (Å²) in [6.07, 6.45) is 0.745. The van der Waals surface area contributed by atoms with E-state index in [2.05, 4.69) is 0 Å². The second kappa shape index (κ2) is 10.1. The highest BCUT2D eigenvalue weighted by atomic mass is 31.1. The molecule has 0 aromatic carbocycles. The van der Waals surface area contributed by atoms with Crippen molar-refractivity contribution in [1.82, 2.24) is 0 Å². The summed E-state index contributed by atoms with van der Waals surface area (Å²) in [5.41, 5.74) is 0. The summed E-state index contributed by atoms with van der Waals surface area (Å²) in [6, 6.07) is 0. The lowest BCUT2D eigenvalue weighted by Crippen LogP contribution is -1.93. The van der Waals surface area contributed by atoms with Crippen LogP contribution in [-0.4, -0.2) is 16.1 Å². The van der Waals surface area contributed by atoms with E-state index in [1.807, 2.05) is 6.92 Å². The molecule has 0 aromatic rings. The Bertz CT molecular complexity index is 46.5. The normalized spacial score (nSPS) is 12.0. The van der Waals surface area contributed by atoms with Crippen molar-refractivity contribution in [3.8, 4) is 0 Å². The molecule has 50 valence electrons. The number of aliphatic hydroxyl groups excluding tert-OH is 1. The van der Waals surface area contributed by atoms with Gasteiger partial charge in [-0.15, -0.1) is 0 Å². The zero-order valence-electron chi connectivity index (χ0n) is 5.03. The fourth-order valence-electron chi connectivity index (χ4n) is 0. The van der Waals surface area contributed by atoms with Crippen LogP contribution in [0.4, 0.5) is 0 Å². The second-order valence-corrected chi connectivity index (χ2v) is 1.50. The van der Waals surface area contributed by atoms with Gasteiger partial charge in [0.2, 0.25) is 0 Å². The molecular formula is C4H11O3P. The topological polar surface area (TPSA) is 57.5 Å². The van der Waals surface area contributed by atoms with Crippen LogP contribution in [0.3, 0.4) is 0 Å². The van der Waals surface area contributed by atoms with Crippen molar-refractivity contribution in [1.29, 1.82) is 0 Å². The van der Waals surface area contributed by atoms with Crippen molar-refractivity contribution in [2.24, 2.45) is 0 Å². The zero-order valence-corrected chi connectivity index (χ0v) is 5.93. The van der Waals surface area contributed by atoms with Crippen LogP contribution < -0.4 is 0 Å². The molecule has 0 aliphatic heterocycles. The SMILES string of the molecule is CCC(C)O.O=PO. The van der Waals surface area contributed by atoms with E-state index in [9.17, 15) is 0 Å². The Kier molecular flexibility index (Phi) is 13.8. The highest BCUT2D eigenvalue weighted by molar-refractivity contribution is 7.16. The van der Waals surface area contributed by atoms with Crippen LogP contribution in [0.1, 0.15) is 20.3 Å². The Labute approximate surface area is 50.6 Å². The summed E-state index contributed by atoms with van der Waals surface area (Å²) in [7, 11) is -0.833. The van der Waals surface area contributed by atoms with E-state index in [1.165, 1.54) is 0 Å². The first-order chi connectivity index (χ1) is 3.68. The smallest absolute Gasteiger partial charge is 0.324 e. The maximum atomic E-state index is 8.46. The molecule has 0 amide bonds. The third-order valence-electron chi connectivity index (χ3n) is 0.591. The fraction of sp³-hybridized carbons (Fsp3) is 1.00. The van der Waals surface area contributed by atoms with Crippen molar-refractivity contribution >= 4 is 8.69 Å². The molecule has 0 heterocycles. The van der Waals surface area contributed by atoms with Gasteiger partial charge in [-0.3, -0.25) is 0 Å². The molecule has 0 saturated heterocycles. The molecule has 0 spiro atoms. The molecule has 4 heteroatoms. The molecule has 0 aliphatic rings. The van der Waals surface area contributed by atoms with Gasteiger partial charge in [-0.1, -0.05) is 6.92 Å². The summed E-state index contributed by atoms with van der Waals surface area (Å²) in [5.74, 6) is 0. The van der Waals surface area contributed by atoms with Gasteiger partial charge >= 0.3 is 8.69 Å². The molecule has 1 atom stereocenters. The van der Waals surface area contributed by atoms with Crippen LogP contribution in [0.15, 0.2) is 0 Å². The van der Waals surface area contributed by atoms with Gasteiger partial charge in [0.1, 0.15) is 0 Å². The molecule has 0 saturated carbocycles.